The Morgan fingerprint density at radius 2 is 1.17 bits per heavy atom. The second kappa shape index (κ2) is 6.07. The van der Waals surface area contributed by atoms with Gasteiger partial charge in [-0.2, -0.15) is 0 Å². The summed E-state index contributed by atoms with van der Waals surface area (Å²) >= 11 is 0. The van der Waals surface area contributed by atoms with Gasteiger partial charge in [0.25, 0.3) is 0 Å². The van der Waals surface area contributed by atoms with E-state index in [0.29, 0.717) is 13.1 Å². The second-order valence-corrected chi connectivity index (χ2v) is 5.18. The summed E-state index contributed by atoms with van der Waals surface area (Å²) in [5.41, 5.74) is 0. The zero-order valence-electron chi connectivity index (χ0n) is 11.2. The molecule has 0 unspecified atom stereocenters. The van der Waals surface area contributed by atoms with Crippen LogP contribution in [0.4, 0.5) is 4.79 Å². The number of urea groups is 1. The Balaban J connectivity index is 1.88. The first-order valence-electron chi connectivity index (χ1n) is 6.98. The van der Waals surface area contributed by atoms with Crippen molar-refractivity contribution in [3.05, 3.63) is 0 Å². The summed E-state index contributed by atoms with van der Waals surface area (Å²) in [6.45, 7) is 6.29. The highest BCUT2D eigenvalue weighted by Crippen LogP contribution is 2.13. The molecule has 0 aromatic heterocycles. The van der Waals surface area contributed by atoms with Gasteiger partial charge in [0.05, 0.1) is 0 Å². The Morgan fingerprint density at radius 3 is 1.83 bits per heavy atom. The van der Waals surface area contributed by atoms with Crippen LogP contribution >= 0.6 is 0 Å². The zero-order chi connectivity index (χ0) is 13.0. The van der Waals surface area contributed by atoms with Gasteiger partial charge in [-0.3, -0.25) is 4.79 Å². The van der Waals surface area contributed by atoms with E-state index in [-0.39, 0.29) is 11.9 Å². The van der Waals surface area contributed by atoms with Crippen molar-refractivity contribution in [1.82, 2.24) is 14.7 Å². The third kappa shape index (κ3) is 3.15. The summed E-state index contributed by atoms with van der Waals surface area (Å²) < 4.78 is 0. The normalized spacial score (nSPS) is 21.7. The van der Waals surface area contributed by atoms with Crippen molar-refractivity contribution >= 4 is 11.9 Å². The lowest BCUT2D eigenvalue weighted by atomic mass is 10.1. The van der Waals surface area contributed by atoms with E-state index in [1.165, 1.54) is 6.42 Å². The molecule has 0 bridgehead atoms. The first kappa shape index (κ1) is 13.2. The molecule has 5 nitrogen and oxygen atoms in total. The van der Waals surface area contributed by atoms with Crippen molar-refractivity contribution in [3.8, 4) is 0 Å². The lowest BCUT2D eigenvalue weighted by Crippen LogP contribution is -2.46. The first-order valence-corrected chi connectivity index (χ1v) is 6.98. The van der Waals surface area contributed by atoms with Crippen molar-refractivity contribution in [2.75, 3.05) is 39.3 Å². The summed E-state index contributed by atoms with van der Waals surface area (Å²) in [4.78, 5) is 29.4. The van der Waals surface area contributed by atoms with Crippen LogP contribution < -0.4 is 0 Å². The second-order valence-electron chi connectivity index (χ2n) is 5.18. The Bertz CT molecular complexity index is 313. The molecule has 0 aliphatic carbocycles. The highest BCUT2D eigenvalue weighted by atomic mass is 16.2. The molecule has 0 aromatic rings. The van der Waals surface area contributed by atoms with E-state index in [1.807, 2.05) is 14.7 Å². The maximum atomic E-state index is 12.3. The van der Waals surface area contributed by atoms with E-state index in [0.717, 1.165) is 45.4 Å². The van der Waals surface area contributed by atoms with Crippen molar-refractivity contribution < 1.29 is 9.59 Å². The van der Waals surface area contributed by atoms with Crippen LogP contribution in [0.15, 0.2) is 0 Å². The number of likely N-dealkylation sites (tertiary alicyclic amines) is 1. The van der Waals surface area contributed by atoms with Crippen molar-refractivity contribution in [2.24, 2.45) is 0 Å². The van der Waals surface area contributed by atoms with Crippen LogP contribution in [0, 0.1) is 0 Å². The average Bonchev–Trinajstić information content (AvgIpc) is 2.64. The third-order valence-electron chi connectivity index (χ3n) is 3.84. The maximum Gasteiger partial charge on any atom is 0.320 e. The predicted octanol–water partition coefficient (Wildman–Crippen LogP) is 1.15. The first-order chi connectivity index (χ1) is 8.68. The van der Waals surface area contributed by atoms with E-state index in [4.69, 9.17) is 0 Å². The van der Waals surface area contributed by atoms with E-state index in [2.05, 4.69) is 0 Å². The number of carbonyl (C=O) groups excluding carboxylic acids is 2. The molecular formula is C13H23N3O2. The molecule has 5 heteroatoms. The molecule has 0 N–H and O–H groups in total. The molecule has 2 fully saturated rings. The van der Waals surface area contributed by atoms with Crippen LogP contribution in [0.2, 0.25) is 0 Å². The number of nitrogens with zero attached hydrogens (tertiary/aromatic N) is 3. The van der Waals surface area contributed by atoms with Crippen LogP contribution in [0.5, 0.6) is 0 Å². The van der Waals surface area contributed by atoms with E-state index >= 15 is 0 Å². The van der Waals surface area contributed by atoms with Crippen molar-refractivity contribution in [1.29, 1.82) is 0 Å². The summed E-state index contributed by atoms with van der Waals surface area (Å²) in [7, 11) is 0. The maximum absolute atomic E-state index is 12.3. The molecule has 3 amide bonds. The van der Waals surface area contributed by atoms with Crippen LogP contribution in [0.25, 0.3) is 0 Å². The fourth-order valence-electron chi connectivity index (χ4n) is 2.71. The van der Waals surface area contributed by atoms with E-state index in [9.17, 15) is 9.59 Å². The molecule has 18 heavy (non-hydrogen) atoms. The fourth-order valence-corrected chi connectivity index (χ4v) is 2.71. The third-order valence-corrected chi connectivity index (χ3v) is 3.84. The average molecular weight is 253 g/mol. The molecule has 2 aliphatic heterocycles. The molecule has 0 radical (unpaired) electrons. The van der Waals surface area contributed by atoms with Gasteiger partial charge in [-0.05, 0) is 25.7 Å². The van der Waals surface area contributed by atoms with Gasteiger partial charge in [0.15, 0.2) is 0 Å². The molecular weight excluding hydrogens is 230 g/mol. The molecule has 2 rings (SSSR count). The van der Waals surface area contributed by atoms with Gasteiger partial charge in [-0.15, -0.1) is 0 Å². The molecule has 0 aromatic carbocycles. The molecule has 2 aliphatic rings. The van der Waals surface area contributed by atoms with Crippen LogP contribution in [0.1, 0.15) is 32.6 Å². The lowest BCUT2D eigenvalue weighted by molar-refractivity contribution is -0.128. The number of piperidine rings is 1. The number of hydrogen-bond acceptors (Lipinski definition) is 2. The number of amides is 3. The Hall–Kier alpha value is -1.26. The minimum atomic E-state index is 0.113. The van der Waals surface area contributed by atoms with Gasteiger partial charge in [-0.25, -0.2) is 4.79 Å². The molecule has 0 spiro atoms. The summed E-state index contributed by atoms with van der Waals surface area (Å²) in [6.07, 6.45) is 4.37. The lowest BCUT2D eigenvalue weighted by Gasteiger charge is -2.32. The number of carbonyl (C=O) groups is 2. The molecule has 102 valence electrons. The summed E-state index contributed by atoms with van der Waals surface area (Å²) in [5, 5.41) is 0. The van der Waals surface area contributed by atoms with Gasteiger partial charge in [0, 0.05) is 46.2 Å². The van der Waals surface area contributed by atoms with Gasteiger partial charge in [0.1, 0.15) is 0 Å². The summed E-state index contributed by atoms with van der Waals surface area (Å²) in [6, 6.07) is 0.167. The van der Waals surface area contributed by atoms with Gasteiger partial charge >= 0.3 is 6.03 Å². The zero-order valence-corrected chi connectivity index (χ0v) is 11.2. The van der Waals surface area contributed by atoms with E-state index in [1.54, 1.807) is 6.92 Å². The van der Waals surface area contributed by atoms with Gasteiger partial charge < -0.3 is 14.7 Å². The Morgan fingerprint density at radius 1 is 0.667 bits per heavy atom. The number of hydrogen-bond donors (Lipinski definition) is 0. The van der Waals surface area contributed by atoms with Crippen LogP contribution in [-0.4, -0.2) is 65.9 Å². The molecule has 0 saturated carbocycles. The van der Waals surface area contributed by atoms with Gasteiger partial charge in [-0.1, -0.05) is 0 Å². The van der Waals surface area contributed by atoms with Crippen molar-refractivity contribution in [2.45, 2.75) is 32.6 Å². The predicted molar refractivity (Wildman–Crippen MR) is 69.3 cm³/mol. The highest BCUT2D eigenvalue weighted by molar-refractivity contribution is 5.75. The summed E-state index contributed by atoms with van der Waals surface area (Å²) in [5.74, 6) is 0.113. The largest absolute Gasteiger partial charge is 0.341 e. The van der Waals surface area contributed by atoms with Crippen molar-refractivity contribution in [3.63, 3.8) is 0 Å². The monoisotopic (exact) mass is 253 g/mol. The minimum Gasteiger partial charge on any atom is -0.341 e. The number of rotatable bonds is 0. The van der Waals surface area contributed by atoms with Crippen LogP contribution in [0.3, 0.4) is 0 Å². The molecule has 2 saturated heterocycles. The Kier molecular flexibility index (Phi) is 4.44. The standard InChI is InChI=1S/C13H23N3O2/c1-12(17)14-8-5-9-16(11-10-14)13(18)15-6-3-2-4-7-15/h2-11H2,1H3. The van der Waals surface area contributed by atoms with E-state index < -0.39 is 0 Å². The van der Waals surface area contributed by atoms with Gasteiger partial charge in [0.2, 0.25) is 5.91 Å². The van der Waals surface area contributed by atoms with Crippen LogP contribution in [-0.2, 0) is 4.79 Å². The SMILES string of the molecule is CC(=O)N1CCCN(C(=O)N2CCCCC2)CC1. The quantitative estimate of drug-likeness (QED) is 0.650. The Labute approximate surface area is 109 Å². The molecule has 0 atom stereocenters. The fraction of sp³-hybridized carbons (Fsp3) is 0.846. The minimum absolute atomic E-state index is 0.113. The topological polar surface area (TPSA) is 43.9 Å². The molecule has 2 heterocycles. The smallest absolute Gasteiger partial charge is 0.320 e. The highest BCUT2D eigenvalue weighted by Gasteiger charge is 2.25.